The summed E-state index contributed by atoms with van der Waals surface area (Å²) in [5, 5.41) is 0. The summed E-state index contributed by atoms with van der Waals surface area (Å²) < 4.78 is 43.8. The topological polar surface area (TPSA) is 79.5 Å². The van der Waals surface area contributed by atoms with Crippen molar-refractivity contribution in [3.63, 3.8) is 0 Å². The molecule has 0 radical (unpaired) electrons. The maximum absolute atomic E-state index is 12.9. The third-order valence-corrected chi connectivity index (χ3v) is 4.86. The quantitative estimate of drug-likeness (QED) is 0.516. The summed E-state index contributed by atoms with van der Waals surface area (Å²) in [6.45, 7) is 4.30. The van der Waals surface area contributed by atoms with Crippen LogP contribution in [0.4, 0.5) is 18.9 Å². The number of amides is 2. The van der Waals surface area contributed by atoms with Crippen LogP contribution in [-0.2, 0) is 20.5 Å². The molecule has 1 heterocycles. The number of aromatic nitrogens is 1. The highest BCUT2D eigenvalue weighted by molar-refractivity contribution is 6.13. The van der Waals surface area contributed by atoms with Crippen molar-refractivity contribution in [3.05, 3.63) is 65.7 Å². The molecule has 33 heavy (non-hydrogen) atoms. The Morgan fingerprint density at radius 3 is 2.12 bits per heavy atom. The first-order chi connectivity index (χ1) is 15.5. The Morgan fingerprint density at radius 2 is 1.58 bits per heavy atom. The molecule has 2 amide bonds. The monoisotopic (exact) mass is 458 g/mol. The van der Waals surface area contributed by atoms with E-state index >= 15 is 0 Å². The molecule has 6 nitrogen and oxygen atoms in total. The summed E-state index contributed by atoms with van der Waals surface area (Å²) in [5.41, 5.74) is 1.37. The second-order valence-electron chi connectivity index (χ2n) is 7.19. The van der Waals surface area contributed by atoms with Crippen molar-refractivity contribution in [1.82, 2.24) is 4.98 Å². The van der Waals surface area contributed by atoms with E-state index < -0.39 is 29.5 Å². The number of anilines is 1. The van der Waals surface area contributed by atoms with Gasteiger partial charge in [-0.25, -0.2) is 4.79 Å². The number of nitrogens with one attached hydrogen (secondary N) is 1. The van der Waals surface area contributed by atoms with Gasteiger partial charge in [0.25, 0.3) is 0 Å². The fraction of sp³-hybridized carbons (Fsp3) is 0.208. The molecule has 0 atom stereocenters. The van der Waals surface area contributed by atoms with E-state index in [4.69, 9.17) is 4.74 Å². The van der Waals surface area contributed by atoms with Crippen LogP contribution in [0.3, 0.4) is 0 Å². The van der Waals surface area contributed by atoms with Crippen molar-refractivity contribution in [2.24, 2.45) is 0 Å². The number of hydrogen-bond donors (Lipinski definition) is 1. The van der Waals surface area contributed by atoms with Crippen LogP contribution in [-0.4, -0.2) is 29.4 Å². The number of carbonyl (C=O) groups is 3. The number of ether oxygens (including phenoxy) is 1. The molecule has 1 aromatic heterocycles. The van der Waals surface area contributed by atoms with Crippen LogP contribution < -0.4 is 4.90 Å². The Kier molecular flexibility index (Phi) is 6.71. The van der Waals surface area contributed by atoms with Crippen LogP contribution in [0.2, 0.25) is 0 Å². The van der Waals surface area contributed by atoms with Gasteiger partial charge in [-0.05, 0) is 42.8 Å². The lowest BCUT2D eigenvalue weighted by atomic mass is 10.1. The van der Waals surface area contributed by atoms with Gasteiger partial charge in [-0.1, -0.05) is 24.3 Å². The molecule has 0 aliphatic heterocycles. The number of imide groups is 1. The van der Waals surface area contributed by atoms with Gasteiger partial charge in [-0.15, -0.1) is 0 Å². The molecule has 9 heteroatoms. The average molecular weight is 458 g/mol. The molecular formula is C24H21F3N2O4. The standard InChI is InChI=1S/C24H21F3N2O4/c1-4-33-23(32)20-13-21(16-8-10-18(11-9-16)24(25,26)27)28-22(20)17-6-5-7-19(12-17)29(14(2)30)15(3)31/h5-13,28H,4H2,1-3H3. The Bertz CT molecular complexity index is 1180. The molecule has 1 N–H and O–H groups in total. The molecule has 0 spiro atoms. The molecule has 0 saturated carbocycles. The molecule has 2 aromatic carbocycles. The summed E-state index contributed by atoms with van der Waals surface area (Å²) in [7, 11) is 0. The highest BCUT2D eigenvalue weighted by atomic mass is 19.4. The van der Waals surface area contributed by atoms with Crippen molar-refractivity contribution in [3.8, 4) is 22.5 Å². The third-order valence-electron chi connectivity index (χ3n) is 4.86. The van der Waals surface area contributed by atoms with E-state index in [0.29, 0.717) is 28.2 Å². The highest BCUT2D eigenvalue weighted by Gasteiger charge is 2.30. The zero-order chi connectivity index (χ0) is 24.3. The summed E-state index contributed by atoms with van der Waals surface area (Å²) in [6.07, 6.45) is -4.46. The number of halogens is 3. The van der Waals surface area contributed by atoms with Gasteiger partial charge < -0.3 is 9.72 Å². The lowest BCUT2D eigenvalue weighted by molar-refractivity contribution is -0.137. The van der Waals surface area contributed by atoms with E-state index in [1.165, 1.54) is 32.0 Å². The van der Waals surface area contributed by atoms with Crippen LogP contribution in [0.1, 0.15) is 36.7 Å². The minimum absolute atomic E-state index is 0.127. The van der Waals surface area contributed by atoms with E-state index in [0.717, 1.165) is 17.0 Å². The molecule has 3 aromatic rings. The van der Waals surface area contributed by atoms with Gasteiger partial charge in [-0.2, -0.15) is 13.2 Å². The highest BCUT2D eigenvalue weighted by Crippen LogP contribution is 2.34. The van der Waals surface area contributed by atoms with Crippen molar-refractivity contribution < 1.29 is 32.3 Å². The number of rotatable bonds is 5. The maximum Gasteiger partial charge on any atom is 0.416 e. The largest absolute Gasteiger partial charge is 0.462 e. The zero-order valence-electron chi connectivity index (χ0n) is 18.1. The van der Waals surface area contributed by atoms with E-state index in [1.807, 2.05) is 0 Å². The zero-order valence-corrected chi connectivity index (χ0v) is 18.1. The Hall–Kier alpha value is -3.88. The van der Waals surface area contributed by atoms with Gasteiger partial charge >= 0.3 is 12.1 Å². The Balaban J connectivity index is 2.11. The number of nitrogens with zero attached hydrogens (tertiary/aromatic N) is 1. The SMILES string of the molecule is CCOC(=O)c1cc(-c2ccc(C(F)(F)F)cc2)[nH]c1-c1cccc(N(C(C)=O)C(C)=O)c1. The van der Waals surface area contributed by atoms with Gasteiger partial charge in [0.2, 0.25) is 11.8 Å². The first-order valence-corrected chi connectivity index (χ1v) is 10.0. The molecule has 0 aliphatic carbocycles. The third kappa shape index (κ3) is 5.14. The number of H-pyrrole nitrogens is 1. The van der Waals surface area contributed by atoms with E-state index in [-0.39, 0.29) is 12.2 Å². The van der Waals surface area contributed by atoms with Crippen molar-refractivity contribution in [1.29, 1.82) is 0 Å². The Morgan fingerprint density at radius 1 is 0.939 bits per heavy atom. The molecular weight excluding hydrogens is 437 g/mol. The van der Waals surface area contributed by atoms with Crippen LogP contribution in [0, 0.1) is 0 Å². The predicted octanol–water partition coefficient (Wildman–Crippen LogP) is 5.44. The molecule has 0 fully saturated rings. The molecule has 0 unspecified atom stereocenters. The normalized spacial score (nSPS) is 11.2. The van der Waals surface area contributed by atoms with Crippen molar-refractivity contribution in [2.45, 2.75) is 26.9 Å². The first kappa shape index (κ1) is 23.8. The molecule has 0 saturated heterocycles. The minimum Gasteiger partial charge on any atom is -0.462 e. The van der Waals surface area contributed by atoms with Gasteiger partial charge in [0.1, 0.15) is 0 Å². The second kappa shape index (κ2) is 9.32. The predicted molar refractivity (Wildman–Crippen MR) is 116 cm³/mol. The summed E-state index contributed by atoms with van der Waals surface area (Å²) in [5.74, 6) is -1.56. The van der Waals surface area contributed by atoms with Crippen LogP contribution >= 0.6 is 0 Å². The lowest BCUT2D eigenvalue weighted by Gasteiger charge is -2.18. The maximum atomic E-state index is 12.9. The smallest absolute Gasteiger partial charge is 0.416 e. The van der Waals surface area contributed by atoms with Crippen LogP contribution in [0.15, 0.2) is 54.6 Å². The van der Waals surface area contributed by atoms with Gasteiger partial charge in [0.15, 0.2) is 0 Å². The number of carbonyl (C=O) groups excluding carboxylic acids is 3. The van der Waals surface area contributed by atoms with Gasteiger partial charge in [-0.3, -0.25) is 14.5 Å². The van der Waals surface area contributed by atoms with Crippen molar-refractivity contribution in [2.75, 3.05) is 11.5 Å². The van der Waals surface area contributed by atoms with Gasteiger partial charge in [0, 0.05) is 25.1 Å². The van der Waals surface area contributed by atoms with Crippen molar-refractivity contribution >= 4 is 23.5 Å². The fourth-order valence-corrected chi connectivity index (χ4v) is 3.43. The molecule has 172 valence electrons. The summed E-state index contributed by atoms with van der Waals surface area (Å²) >= 11 is 0. The number of esters is 1. The number of aromatic amines is 1. The van der Waals surface area contributed by atoms with Gasteiger partial charge in [0.05, 0.1) is 29.1 Å². The second-order valence-corrected chi connectivity index (χ2v) is 7.19. The number of hydrogen-bond acceptors (Lipinski definition) is 4. The summed E-state index contributed by atoms with van der Waals surface area (Å²) in [6, 6.07) is 12.5. The minimum atomic E-state index is -4.46. The van der Waals surface area contributed by atoms with E-state index in [2.05, 4.69) is 4.98 Å². The average Bonchev–Trinajstić information content (AvgIpc) is 3.19. The number of benzene rings is 2. The summed E-state index contributed by atoms with van der Waals surface area (Å²) in [4.78, 5) is 40.5. The molecule has 0 aliphatic rings. The molecule has 3 rings (SSSR count). The first-order valence-electron chi connectivity index (χ1n) is 10.0. The number of alkyl halides is 3. The molecule has 0 bridgehead atoms. The van der Waals surface area contributed by atoms with Crippen LogP contribution in [0.5, 0.6) is 0 Å². The fourth-order valence-electron chi connectivity index (χ4n) is 3.43. The lowest BCUT2D eigenvalue weighted by Crippen LogP contribution is -2.32. The van der Waals surface area contributed by atoms with E-state index in [1.54, 1.807) is 31.2 Å². The van der Waals surface area contributed by atoms with Crippen LogP contribution in [0.25, 0.3) is 22.5 Å². The van der Waals surface area contributed by atoms with E-state index in [9.17, 15) is 27.6 Å². The Labute approximate surface area is 188 Å².